The van der Waals surface area contributed by atoms with Crippen molar-refractivity contribution >= 4 is 14.2 Å². The number of hydrogen-bond acceptors (Lipinski definition) is 4. The molecule has 2 heterocycles. The van der Waals surface area contributed by atoms with Crippen LogP contribution in [0.5, 0.6) is 0 Å². The summed E-state index contributed by atoms with van der Waals surface area (Å²) in [6.45, 7) is 18.1. The van der Waals surface area contributed by atoms with Crippen molar-refractivity contribution in [3.63, 3.8) is 0 Å². The molecule has 0 saturated carbocycles. The molecule has 0 atom stereocenters. The lowest BCUT2D eigenvalue weighted by atomic mass is 9.37. The molecule has 3 rings (SSSR count). The summed E-state index contributed by atoms with van der Waals surface area (Å²) in [6.07, 6.45) is 0. The van der Waals surface area contributed by atoms with Gasteiger partial charge in [-0.3, -0.25) is 0 Å². The van der Waals surface area contributed by atoms with Crippen LogP contribution in [-0.2, 0) is 23.8 Å². The molecule has 7 heteroatoms. The lowest BCUT2D eigenvalue weighted by molar-refractivity contribution is 0.00578. The number of hydrogen-bond donors (Lipinski definition) is 0. The van der Waals surface area contributed by atoms with Gasteiger partial charge in [-0.1, -0.05) is 19.1 Å². The molecule has 0 spiro atoms. The van der Waals surface area contributed by atoms with E-state index in [0.29, 0.717) is 0 Å². The second-order valence-electron chi connectivity index (χ2n) is 9.97. The van der Waals surface area contributed by atoms with Crippen molar-refractivity contribution in [2.75, 3.05) is 0 Å². The number of halogens is 1. The van der Waals surface area contributed by atoms with Crippen LogP contribution in [0.15, 0.2) is 24.3 Å². The van der Waals surface area contributed by atoms with Gasteiger partial charge >= 0.3 is 14.2 Å². The maximum absolute atomic E-state index is 13.6. The first-order valence-electron chi connectivity index (χ1n) is 9.60. The van der Waals surface area contributed by atoms with E-state index in [4.69, 9.17) is 18.6 Å². The summed E-state index contributed by atoms with van der Waals surface area (Å²) in [6, 6.07) is 6.41. The molecule has 4 nitrogen and oxygen atoms in total. The molecule has 0 N–H and O–H groups in total. The van der Waals surface area contributed by atoms with Crippen LogP contribution in [0.1, 0.15) is 67.9 Å². The van der Waals surface area contributed by atoms with E-state index in [0.717, 1.165) is 5.56 Å². The van der Waals surface area contributed by atoms with Crippen LogP contribution in [0.25, 0.3) is 0 Å². The molecule has 148 valence electrons. The van der Waals surface area contributed by atoms with Gasteiger partial charge in [0.15, 0.2) is 0 Å². The topological polar surface area (TPSA) is 36.9 Å². The van der Waals surface area contributed by atoms with E-state index in [1.807, 2.05) is 62.3 Å². The lowest BCUT2D eigenvalue weighted by Gasteiger charge is -2.34. The molecule has 27 heavy (non-hydrogen) atoms. The minimum Gasteiger partial charge on any atom is -0.403 e. The highest BCUT2D eigenvalue weighted by Crippen LogP contribution is 2.49. The van der Waals surface area contributed by atoms with Crippen LogP contribution >= 0.6 is 0 Å². The van der Waals surface area contributed by atoms with Gasteiger partial charge in [-0.2, -0.15) is 0 Å². The van der Waals surface area contributed by atoms with E-state index >= 15 is 0 Å². The fraction of sp³-hybridized carbons (Fsp3) is 0.700. The normalized spacial score (nSPS) is 25.9. The second kappa shape index (κ2) is 6.06. The molecule has 1 aromatic carbocycles. The zero-order chi connectivity index (χ0) is 20.5. The fourth-order valence-corrected chi connectivity index (χ4v) is 3.37. The Morgan fingerprint density at radius 3 is 1.26 bits per heavy atom. The van der Waals surface area contributed by atoms with Crippen molar-refractivity contribution in [1.82, 2.24) is 0 Å². The van der Waals surface area contributed by atoms with Gasteiger partial charge in [0.2, 0.25) is 0 Å². The van der Waals surface area contributed by atoms with Gasteiger partial charge < -0.3 is 18.6 Å². The summed E-state index contributed by atoms with van der Waals surface area (Å²) in [4.78, 5) is 0. The first kappa shape index (κ1) is 20.8. The Bertz CT molecular complexity index is 647. The molecular weight excluding hydrogens is 345 g/mol. The van der Waals surface area contributed by atoms with Crippen LogP contribution in [0, 0.1) is 5.82 Å². The fourth-order valence-electron chi connectivity index (χ4n) is 3.37. The average molecular weight is 376 g/mol. The third-order valence-corrected chi connectivity index (χ3v) is 6.95. The third kappa shape index (κ3) is 3.17. The van der Waals surface area contributed by atoms with Crippen molar-refractivity contribution in [2.24, 2.45) is 0 Å². The van der Waals surface area contributed by atoms with Gasteiger partial charge in [-0.25, -0.2) is 4.39 Å². The minimum atomic E-state index is -0.788. The molecule has 2 aliphatic rings. The summed E-state index contributed by atoms with van der Waals surface area (Å²) in [5.74, 6) is -0.288. The molecule has 0 unspecified atom stereocenters. The monoisotopic (exact) mass is 376 g/mol. The zero-order valence-corrected chi connectivity index (χ0v) is 18.0. The summed E-state index contributed by atoms with van der Waals surface area (Å²) < 4.78 is 39.1. The quantitative estimate of drug-likeness (QED) is 0.736. The Kier molecular flexibility index (Phi) is 4.68. The lowest BCUT2D eigenvalue weighted by Crippen LogP contribution is -2.56. The van der Waals surface area contributed by atoms with Crippen molar-refractivity contribution in [2.45, 2.75) is 89.9 Å². The van der Waals surface area contributed by atoms with Crippen molar-refractivity contribution < 1.29 is 23.0 Å². The third-order valence-electron chi connectivity index (χ3n) is 6.95. The zero-order valence-electron chi connectivity index (χ0n) is 18.0. The molecule has 0 aromatic heterocycles. The Balaban J connectivity index is 2.08. The molecule has 2 saturated heterocycles. The van der Waals surface area contributed by atoms with E-state index in [2.05, 4.69) is 0 Å². The van der Waals surface area contributed by atoms with Crippen LogP contribution < -0.4 is 0 Å². The van der Waals surface area contributed by atoms with Gasteiger partial charge in [0, 0.05) is 0 Å². The van der Waals surface area contributed by atoms with E-state index in [-0.39, 0.29) is 5.82 Å². The Morgan fingerprint density at radius 2 is 0.963 bits per heavy atom. The maximum Gasteiger partial charge on any atom is 0.466 e. The largest absolute Gasteiger partial charge is 0.466 e. The van der Waals surface area contributed by atoms with Crippen LogP contribution in [0.4, 0.5) is 4.39 Å². The van der Waals surface area contributed by atoms with E-state index in [9.17, 15) is 4.39 Å². The predicted molar refractivity (Wildman–Crippen MR) is 106 cm³/mol. The maximum atomic E-state index is 13.6. The van der Waals surface area contributed by atoms with Gasteiger partial charge in [0.25, 0.3) is 0 Å². The van der Waals surface area contributed by atoms with Crippen LogP contribution in [0.3, 0.4) is 0 Å². The first-order valence-corrected chi connectivity index (χ1v) is 9.60. The standard InChI is InChI=1S/C20H31B2FO4/c1-16(2)17(3,4)25-21(24-16)20(9,14-10-12-15(23)13-11-14)22-26-18(5,6)19(7,8)27-22/h10-13H,1-9H3. The highest BCUT2D eigenvalue weighted by Gasteiger charge is 2.68. The van der Waals surface area contributed by atoms with E-state index in [1.165, 1.54) is 12.1 Å². The number of rotatable bonds is 3. The van der Waals surface area contributed by atoms with Crippen molar-refractivity contribution in [1.29, 1.82) is 0 Å². The SMILES string of the molecule is CC(B1OC(C)(C)C(C)(C)O1)(B1OC(C)(C)C(C)(C)O1)c1ccc(F)cc1. The average Bonchev–Trinajstić information content (AvgIpc) is 2.87. The first-order chi connectivity index (χ1) is 12.1. The predicted octanol–water partition coefficient (Wildman–Crippen LogP) is 4.35. The van der Waals surface area contributed by atoms with Gasteiger partial charge in [-0.05, 0) is 73.1 Å². The Morgan fingerprint density at radius 1 is 0.667 bits per heavy atom. The molecule has 1 aromatic rings. The molecule has 2 fully saturated rings. The second-order valence-corrected chi connectivity index (χ2v) is 9.97. The molecule has 0 aliphatic carbocycles. The van der Waals surface area contributed by atoms with E-state index < -0.39 is 41.9 Å². The molecule has 0 bridgehead atoms. The van der Waals surface area contributed by atoms with Crippen LogP contribution in [-0.4, -0.2) is 36.6 Å². The summed E-state index contributed by atoms with van der Waals surface area (Å²) in [5.41, 5.74) is -1.14. The molecular formula is C20H31B2FO4. The summed E-state index contributed by atoms with van der Waals surface area (Å²) in [5, 5.41) is -0.788. The summed E-state index contributed by atoms with van der Waals surface area (Å²) >= 11 is 0. The van der Waals surface area contributed by atoms with Crippen LogP contribution in [0.2, 0.25) is 0 Å². The molecule has 2 aliphatic heterocycles. The molecule has 0 amide bonds. The van der Waals surface area contributed by atoms with Crippen molar-refractivity contribution in [3.8, 4) is 0 Å². The Labute approximate surface area is 163 Å². The minimum absolute atomic E-state index is 0.288. The highest BCUT2D eigenvalue weighted by atomic mass is 19.1. The Hall–Kier alpha value is -0.880. The van der Waals surface area contributed by atoms with Gasteiger partial charge in [0.1, 0.15) is 5.82 Å². The highest BCUT2D eigenvalue weighted by molar-refractivity contribution is 6.71. The van der Waals surface area contributed by atoms with Gasteiger partial charge in [0.05, 0.1) is 27.6 Å². The van der Waals surface area contributed by atoms with E-state index in [1.54, 1.807) is 12.1 Å². The van der Waals surface area contributed by atoms with Gasteiger partial charge in [-0.15, -0.1) is 0 Å². The summed E-state index contributed by atoms with van der Waals surface area (Å²) in [7, 11) is -1.22. The molecule has 0 radical (unpaired) electrons. The van der Waals surface area contributed by atoms with Crippen molar-refractivity contribution in [3.05, 3.63) is 35.6 Å². The smallest absolute Gasteiger partial charge is 0.403 e. The number of benzene rings is 1.